The highest BCUT2D eigenvalue weighted by Gasteiger charge is 2.33. The number of carbonyl (C=O) groups excluding carboxylic acids is 3. The van der Waals surface area contributed by atoms with Gasteiger partial charge >= 0.3 is 5.97 Å². The largest absolute Gasteiger partial charge is 0.465 e. The normalized spacial score (nSPS) is 14.4. The molecular weight excluding hydrogens is 506 g/mol. The summed E-state index contributed by atoms with van der Waals surface area (Å²) in [6.45, 7) is 0.134. The van der Waals surface area contributed by atoms with Crippen LogP contribution in [0.4, 0.5) is 0 Å². The summed E-state index contributed by atoms with van der Waals surface area (Å²) in [4.78, 5) is 41.8. The van der Waals surface area contributed by atoms with E-state index in [1.165, 1.54) is 7.11 Å². The molecule has 2 amide bonds. The lowest BCUT2D eigenvalue weighted by molar-refractivity contribution is -0.142. The number of nitrogens with zero attached hydrogens (tertiary/aromatic N) is 4. The van der Waals surface area contributed by atoms with E-state index >= 15 is 0 Å². The van der Waals surface area contributed by atoms with Crippen LogP contribution in [0.2, 0.25) is 0 Å². The van der Waals surface area contributed by atoms with Crippen molar-refractivity contribution in [2.45, 2.75) is 57.3 Å². The molecule has 9 nitrogen and oxygen atoms in total. The van der Waals surface area contributed by atoms with Gasteiger partial charge in [0.25, 0.3) is 0 Å². The van der Waals surface area contributed by atoms with Crippen molar-refractivity contribution in [3.8, 4) is 0 Å². The van der Waals surface area contributed by atoms with E-state index in [4.69, 9.17) is 4.74 Å². The number of amides is 2. The smallest absolute Gasteiger partial charge is 0.337 e. The second-order valence-corrected chi connectivity index (χ2v) is 10.1. The van der Waals surface area contributed by atoms with Gasteiger partial charge in [0.1, 0.15) is 18.1 Å². The first-order valence-corrected chi connectivity index (χ1v) is 13.6. The molecule has 206 valence electrons. The fourth-order valence-electron chi connectivity index (χ4n) is 5.28. The lowest BCUT2D eigenvalue weighted by atomic mass is 9.94. The van der Waals surface area contributed by atoms with Gasteiger partial charge in [-0.2, -0.15) is 0 Å². The summed E-state index contributed by atoms with van der Waals surface area (Å²) in [5.74, 6) is -0.990. The van der Waals surface area contributed by atoms with Crippen LogP contribution in [0, 0.1) is 0 Å². The number of esters is 1. The highest BCUT2D eigenvalue weighted by molar-refractivity contribution is 5.91. The Bertz CT molecular complexity index is 1460. The van der Waals surface area contributed by atoms with Crippen LogP contribution in [0.1, 0.15) is 59.6 Å². The first-order valence-electron chi connectivity index (χ1n) is 13.6. The fraction of sp³-hybridized carbons (Fsp3) is 0.323. The standard InChI is InChI=1S/C31H33N5O4/c1-40-31(39)24-18-16-23(17-19-24)29(30(38)32-25-12-6-3-7-13-25)35(20-22-10-4-2-5-11-22)28(37)21-36-27-15-9-8-14-26(27)33-34-36/h2,4-5,8-11,14-19,25,29H,3,6-7,12-13,20-21H2,1H3,(H,32,38). The molecule has 1 fully saturated rings. The van der Waals surface area contributed by atoms with Crippen molar-refractivity contribution >= 4 is 28.8 Å². The van der Waals surface area contributed by atoms with Gasteiger partial charge in [-0.05, 0) is 48.2 Å². The molecule has 1 saturated carbocycles. The van der Waals surface area contributed by atoms with Gasteiger partial charge in [0.2, 0.25) is 11.8 Å². The monoisotopic (exact) mass is 539 g/mol. The van der Waals surface area contributed by atoms with E-state index in [-0.39, 0.29) is 30.9 Å². The molecule has 0 aliphatic heterocycles. The highest BCUT2D eigenvalue weighted by Crippen LogP contribution is 2.27. The average molecular weight is 540 g/mol. The lowest BCUT2D eigenvalue weighted by Crippen LogP contribution is -2.47. The number of hydrogen-bond acceptors (Lipinski definition) is 6. The number of ether oxygens (including phenoxy) is 1. The van der Waals surface area contributed by atoms with E-state index in [1.807, 2.05) is 54.6 Å². The minimum Gasteiger partial charge on any atom is -0.465 e. The number of hydrogen-bond donors (Lipinski definition) is 1. The Kier molecular flexibility index (Phi) is 8.49. The molecule has 1 aliphatic rings. The Morgan fingerprint density at radius 1 is 0.950 bits per heavy atom. The van der Waals surface area contributed by atoms with E-state index in [9.17, 15) is 14.4 Å². The molecule has 40 heavy (non-hydrogen) atoms. The molecule has 1 aliphatic carbocycles. The van der Waals surface area contributed by atoms with Crippen LogP contribution in [0.15, 0.2) is 78.9 Å². The Labute approximate surface area is 233 Å². The van der Waals surface area contributed by atoms with Crippen LogP contribution in [0.3, 0.4) is 0 Å². The van der Waals surface area contributed by atoms with Gasteiger partial charge in [-0.1, -0.05) is 79.1 Å². The summed E-state index contributed by atoms with van der Waals surface area (Å²) in [5, 5.41) is 11.6. The van der Waals surface area contributed by atoms with Crippen molar-refractivity contribution in [1.82, 2.24) is 25.2 Å². The number of benzene rings is 3. The summed E-state index contributed by atoms with van der Waals surface area (Å²) in [6.07, 6.45) is 5.12. The van der Waals surface area contributed by atoms with Crippen LogP contribution in [-0.4, -0.2) is 50.8 Å². The van der Waals surface area contributed by atoms with Gasteiger partial charge in [-0.3, -0.25) is 9.59 Å². The van der Waals surface area contributed by atoms with Crippen LogP contribution >= 0.6 is 0 Å². The van der Waals surface area contributed by atoms with Crippen LogP contribution in [-0.2, 0) is 27.4 Å². The number of methoxy groups -OCH3 is 1. The number of para-hydroxylation sites is 1. The van der Waals surface area contributed by atoms with Gasteiger partial charge in [-0.25, -0.2) is 9.48 Å². The molecule has 0 radical (unpaired) electrons. The molecular formula is C31H33N5O4. The quantitative estimate of drug-likeness (QED) is 0.315. The zero-order valence-electron chi connectivity index (χ0n) is 22.5. The minimum atomic E-state index is -0.920. The summed E-state index contributed by atoms with van der Waals surface area (Å²) >= 11 is 0. The van der Waals surface area contributed by atoms with Gasteiger partial charge in [0, 0.05) is 12.6 Å². The number of aromatic nitrogens is 3. The Morgan fingerprint density at radius 2 is 1.65 bits per heavy atom. The first kappa shape index (κ1) is 27.1. The summed E-state index contributed by atoms with van der Waals surface area (Å²) in [5.41, 5.74) is 3.29. The van der Waals surface area contributed by atoms with Gasteiger partial charge in [-0.15, -0.1) is 5.10 Å². The van der Waals surface area contributed by atoms with E-state index in [1.54, 1.807) is 33.8 Å². The maximum absolute atomic E-state index is 14.1. The summed E-state index contributed by atoms with van der Waals surface area (Å²) < 4.78 is 6.41. The molecule has 0 spiro atoms. The number of carbonyl (C=O) groups is 3. The third kappa shape index (κ3) is 6.20. The third-order valence-electron chi connectivity index (χ3n) is 7.38. The minimum absolute atomic E-state index is 0.0611. The van der Waals surface area contributed by atoms with Crippen molar-refractivity contribution in [1.29, 1.82) is 0 Å². The van der Waals surface area contributed by atoms with E-state index in [0.29, 0.717) is 16.6 Å². The van der Waals surface area contributed by atoms with Crippen molar-refractivity contribution in [2.24, 2.45) is 0 Å². The Morgan fingerprint density at radius 3 is 2.38 bits per heavy atom. The molecule has 0 saturated heterocycles. The maximum atomic E-state index is 14.1. The van der Waals surface area contributed by atoms with Gasteiger partial charge in [0.05, 0.1) is 18.2 Å². The molecule has 3 aromatic carbocycles. The van der Waals surface area contributed by atoms with E-state index < -0.39 is 12.0 Å². The molecule has 5 rings (SSSR count). The summed E-state index contributed by atoms with van der Waals surface area (Å²) in [7, 11) is 1.32. The van der Waals surface area contributed by atoms with Crippen LogP contribution < -0.4 is 5.32 Å². The molecule has 1 aromatic heterocycles. The molecule has 1 N–H and O–H groups in total. The van der Waals surface area contributed by atoms with Gasteiger partial charge < -0.3 is 15.0 Å². The van der Waals surface area contributed by atoms with Crippen molar-refractivity contribution in [3.63, 3.8) is 0 Å². The van der Waals surface area contributed by atoms with E-state index in [2.05, 4.69) is 15.6 Å². The average Bonchev–Trinajstić information content (AvgIpc) is 3.40. The molecule has 1 atom stereocenters. The zero-order valence-corrected chi connectivity index (χ0v) is 22.5. The second-order valence-electron chi connectivity index (χ2n) is 10.1. The number of nitrogens with one attached hydrogen (secondary N) is 1. The number of fused-ring (bicyclic) bond motifs is 1. The predicted octanol–water partition coefficient (Wildman–Crippen LogP) is 4.44. The van der Waals surface area contributed by atoms with Crippen LogP contribution in [0.5, 0.6) is 0 Å². The Hall–Kier alpha value is -4.53. The fourth-order valence-corrected chi connectivity index (χ4v) is 5.28. The molecule has 0 bridgehead atoms. The summed E-state index contributed by atoms with van der Waals surface area (Å²) in [6, 6.07) is 22.9. The SMILES string of the molecule is COC(=O)c1ccc(C(C(=O)NC2CCCCC2)N(Cc2ccccc2)C(=O)Cn2nnc3ccccc32)cc1. The molecule has 4 aromatic rings. The predicted molar refractivity (Wildman–Crippen MR) is 150 cm³/mol. The zero-order chi connectivity index (χ0) is 27.9. The molecule has 1 heterocycles. The van der Waals surface area contributed by atoms with Gasteiger partial charge in [0.15, 0.2) is 0 Å². The Balaban J connectivity index is 1.52. The second kappa shape index (κ2) is 12.5. The lowest BCUT2D eigenvalue weighted by Gasteiger charge is -2.33. The van der Waals surface area contributed by atoms with E-state index in [0.717, 1.165) is 43.2 Å². The van der Waals surface area contributed by atoms with Crippen molar-refractivity contribution in [2.75, 3.05) is 7.11 Å². The third-order valence-corrected chi connectivity index (χ3v) is 7.38. The van der Waals surface area contributed by atoms with Crippen molar-refractivity contribution < 1.29 is 19.1 Å². The topological polar surface area (TPSA) is 106 Å². The molecule has 9 heteroatoms. The van der Waals surface area contributed by atoms with Crippen LogP contribution in [0.25, 0.3) is 11.0 Å². The molecule has 1 unspecified atom stereocenters. The van der Waals surface area contributed by atoms with Crippen molar-refractivity contribution in [3.05, 3.63) is 95.6 Å². The number of rotatable bonds is 9. The maximum Gasteiger partial charge on any atom is 0.337 e. The highest BCUT2D eigenvalue weighted by atomic mass is 16.5. The first-order chi connectivity index (χ1) is 19.5.